The molecule has 2 N–H and O–H groups in total. The molecule has 1 heterocycles. The van der Waals surface area contributed by atoms with Crippen molar-refractivity contribution in [2.24, 2.45) is 4.76 Å². The van der Waals surface area contributed by atoms with Crippen molar-refractivity contribution in [1.29, 1.82) is 0 Å². The maximum atomic E-state index is 13.0. The summed E-state index contributed by atoms with van der Waals surface area (Å²) in [7, 11) is -4.06. The zero-order valence-electron chi connectivity index (χ0n) is 32.9. The first-order valence-corrected chi connectivity index (χ1v) is 23.3. The maximum Gasteiger partial charge on any atom is 0.454 e. The molecular weight excluding hydrogens is 629 g/mol. The van der Waals surface area contributed by atoms with Gasteiger partial charge >= 0.3 is 7.75 Å². The van der Waals surface area contributed by atoms with Crippen LogP contribution in [0.1, 0.15) is 219 Å². The van der Waals surface area contributed by atoms with Gasteiger partial charge in [-0.3, -0.25) is 4.52 Å². The summed E-state index contributed by atoms with van der Waals surface area (Å²) in [6.45, 7) is 8.53. The normalized spacial score (nSPS) is 14.7. The molecule has 0 aliphatic carbocycles. The monoisotopic (exact) mass is 714 g/mol. The Labute approximate surface area is 305 Å². The standard InChI is InChI=1S/C41H84N3O4P/c1-3-5-7-9-11-13-15-17-19-21-23-25-27-31-35-43-37-38-44(41(43)42-49(46,47)48-40-34-30-29-33-39-45)36-32-28-26-24-22-20-18-16-14-12-10-8-6-4-2/h45H,3-40H2,1-2H3,(H,46,47). The number of hydrogen-bond acceptors (Lipinski definition) is 3. The van der Waals surface area contributed by atoms with Crippen molar-refractivity contribution in [1.82, 2.24) is 9.80 Å². The predicted octanol–water partition coefficient (Wildman–Crippen LogP) is 12.6. The number of unbranched alkanes of at least 4 members (excludes halogenated alkanes) is 29. The molecule has 0 aromatic rings. The minimum atomic E-state index is -4.06. The molecule has 292 valence electrons. The Kier molecular flexibility index (Phi) is 32.6. The van der Waals surface area contributed by atoms with Crippen LogP contribution in [0.15, 0.2) is 4.76 Å². The number of aliphatic hydroxyl groups excluding tert-OH is 1. The summed E-state index contributed by atoms with van der Waals surface area (Å²) < 4.78 is 22.8. The third-order valence-electron chi connectivity index (χ3n) is 10.3. The lowest BCUT2D eigenvalue weighted by Crippen LogP contribution is -2.35. The van der Waals surface area contributed by atoms with E-state index in [9.17, 15) is 9.46 Å². The average Bonchev–Trinajstić information content (AvgIpc) is 3.46. The molecule has 1 rings (SSSR count). The third kappa shape index (κ3) is 28.6. The summed E-state index contributed by atoms with van der Waals surface area (Å²) >= 11 is 0. The van der Waals surface area contributed by atoms with E-state index in [1.807, 2.05) is 0 Å². The maximum absolute atomic E-state index is 13.0. The highest BCUT2D eigenvalue weighted by molar-refractivity contribution is 7.51. The van der Waals surface area contributed by atoms with Crippen LogP contribution in [0.2, 0.25) is 0 Å². The lowest BCUT2D eigenvalue weighted by Gasteiger charge is -2.24. The van der Waals surface area contributed by atoms with Gasteiger partial charge < -0.3 is 19.8 Å². The molecule has 0 radical (unpaired) electrons. The number of aliphatic hydroxyl groups is 1. The van der Waals surface area contributed by atoms with Gasteiger partial charge in [-0.1, -0.05) is 194 Å². The molecule has 7 nitrogen and oxygen atoms in total. The third-order valence-corrected chi connectivity index (χ3v) is 11.2. The highest BCUT2D eigenvalue weighted by Gasteiger charge is 2.30. The Balaban J connectivity index is 2.34. The van der Waals surface area contributed by atoms with E-state index >= 15 is 0 Å². The van der Waals surface area contributed by atoms with Crippen LogP contribution in [0.3, 0.4) is 0 Å². The van der Waals surface area contributed by atoms with Gasteiger partial charge in [0.25, 0.3) is 0 Å². The molecule has 1 aliphatic rings. The highest BCUT2D eigenvalue weighted by atomic mass is 31.2. The number of guanidine groups is 1. The summed E-state index contributed by atoms with van der Waals surface area (Å²) in [4.78, 5) is 15.1. The van der Waals surface area contributed by atoms with Crippen molar-refractivity contribution in [3.05, 3.63) is 0 Å². The quantitative estimate of drug-likeness (QED) is 0.0489. The number of rotatable bonds is 38. The largest absolute Gasteiger partial charge is 0.454 e. The molecule has 0 aromatic heterocycles. The van der Waals surface area contributed by atoms with Crippen molar-refractivity contribution < 1.29 is 19.1 Å². The molecule has 0 amide bonds. The van der Waals surface area contributed by atoms with Crippen LogP contribution >= 0.6 is 7.75 Å². The molecule has 0 spiro atoms. The van der Waals surface area contributed by atoms with Crippen LogP contribution in [0, 0.1) is 0 Å². The molecule has 49 heavy (non-hydrogen) atoms. The van der Waals surface area contributed by atoms with Crippen LogP contribution in [-0.2, 0) is 9.09 Å². The molecule has 0 saturated carbocycles. The molecule has 1 aliphatic heterocycles. The van der Waals surface area contributed by atoms with Crippen molar-refractivity contribution >= 4 is 13.7 Å². The van der Waals surface area contributed by atoms with E-state index in [2.05, 4.69) is 28.4 Å². The second kappa shape index (κ2) is 34.5. The number of hydrogen-bond donors (Lipinski definition) is 2. The van der Waals surface area contributed by atoms with Gasteiger partial charge in [0, 0.05) is 32.8 Å². The first-order valence-electron chi connectivity index (χ1n) is 21.7. The van der Waals surface area contributed by atoms with Crippen LogP contribution in [0.5, 0.6) is 0 Å². The molecule has 0 aromatic carbocycles. The fourth-order valence-corrected chi connectivity index (χ4v) is 7.98. The Hall–Kier alpha value is -0.620. The van der Waals surface area contributed by atoms with E-state index < -0.39 is 7.75 Å². The molecule has 1 saturated heterocycles. The molecule has 1 atom stereocenters. The van der Waals surface area contributed by atoms with Crippen molar-refractivity contribution in [3.63, 3.8) is 0 Å². The average molecular weight is 714 g/mol. The van der Waals surface area contributed by atoms with E-state index in [0.717, 1.165) is 58.3 Å². The first kappa shape index (κ1) is 46.4. The van der Waals surface area contributed by atoms with Gasteiger partial charge in [0.2, 0.25) is 5.96 Å². The van der Waals surface area contributed by atoms with Crippen LogP contribution < -0.4 is 0 Å². The van der Waals surface area contributed by atoms with E-state index in [1.165, 1.54) is 167 Å². The summed E-state index contributed by atoms with van der Waals surface area (Å²) in [6, 6.07) is 0. The summed E-state index contributed by atoms with van der Waals surface area (Å²) in [6.07, 6.45) is 40.9. The second-order valence-corrected chi connectivity index (χ2v) is 16.5. The van der Waals surface area contributed by atoms with E-state index in [1.54, 1.807) is 0 Å². The topological polar surface area (TPSA) is 85.6 Å². The van der Waals surface area contributed by atoms with E-state index in [4.69, 9.17) is 9.63 Å². The molecule has 1 unspecified atom stereocenters. The minimum Gasteiger partial charge on any atom is -0.396 e. The van der Waals surface area contributed by atoms with E-state index in [-0.39, 0.29) is 13.2 Å². The highest BCUT2D eigenvalue weighted by Crippen LogP contribution is 2.45. The van der Waals surface area contributed by atoms with Gasteiger partial charge in [-0.25, -0.2) is 4.57 Å². The van der Waals surface area contributed by atoms with Gasteiger partial charge in [0.15, 0.2) is 0 Å². The fraction of sp³-hybridized carbons (Fsp3) is 0.976. The van der Waals surface area contributed by atoms with Gasteiger partial charge in [0.1, 0.15) is 0 Å². The molecule has 8 heteroatoms. The first-order chi connectivity index (χ1) is 24.0. The Morgan fingerprint density at radius 3 is 1.16 bits per heavy atom. The van der Waals surface area contributed by atoms with Gasteiger partial charge in [-0.2, -0.15) is 0 Å². The minimum absolute atomic E-state index is 0.192. The second-order valence-electron chi connectivity index (χ2n) is 15.0. The lowest BCUT2D eigenvalue weighted by atomic mass is 10.0. The van der Waals surface area contributed by atoms with Crippen LogP contribution in [0.25, 0.3) is 0 Å². The number of nitrogens with zero attached hydrogens (tertiary/aromatic N) is 3. The SMILES string of the molecule is CCCCCCCCCCCCCCCCN1CCN(CCCCCCCCCCCCCCCC)C1=NP(=O)(O)OCCCCCCO. The van der Waals surface area contributed by atoms with Crippen LogP contribution in [0.4, 0.5) is 0 Å². The summed E-state index contributed by atoms with van der Waals surface area (Å²) in [5.41, 5.74) is 0. The smallest absolute Gasteiger partial charge is 0.396 e. The van der Waals surface area contributed by atoms with E-state index in [0.29, 0.717) is 12.4 Å². The zero-order chi connectivity index (χ0) is 35.5. The van der Waals surface area contributed by atoms with Crippen molar-refractivity contribution in [2.45, 2.75) is 219 Å². The Bertz CT molecular complexity index is 742. The molecule has 1 fully saturated rings. The van der Waals surface area contributed by atoms with Gasteiger partial charge in [0.05, 0.1) is 6.61 Å². The Morgan fingerprint density at radius 2 is 0.816 bits per heavy atom. The van der Waals surface area contributed by atoms with Crippen LogP contribution in [-0.4, -0.2) is 65.2 Å². The van der Waals surface area contributed by atoms with Crippen molar-refractivity contribution in [3.8, 4) is 0 Å². The van der Waals surface area contributed by atoms with Gasteiger partial charge in [-0.15, -0.1) is 4.76 Å². The molecular formula is C41H84N3O4P. The van der Waals surface area contributed by atoms with Gasteiger partial charge in [-0.05, 0) is 25.7 Å². The van der Waals surface area contributed by atoms with Crippen molar-refractivity contribution in [2.75, 3.05) is 39.4 Å². The fourth-order valence-electron chi connectivity index (χ4n) is 7.08. The zero-order valence-corrected chi connectivity index (χ0v) is 33.8. The summed E-state index contributed by atoms with van der Waals surface area (Å²) in [5, 5.41) is 8.97. The molecule has 0 bridgehead atoms. The predicted molar refractivity (Wildman–Crippen MR) is 213 cm³/mol. The lowest BCUT2D eigenvalue weighted by molar-refractivity contribution is 0.247. The summed E-state index contributed by atoms with van der Waals surface area (Å²) in [5.74, 6) is 0.676. The Morgan fingerprint density at radius 1 is 0.510 bits per heavy atom.